The van der Waals surface area contributed by atoms with Crippen molar-refractivity contribution in [2.75, 3.05) is 7.05 Å². The minimum atomic E-state index is -0.330. The molecule has 2 aromatic carbocycles. The minimum Gasteiger partial charge on any atom is -0.339 e. The molecule has 1 unspecified atom stereocenters. The topological polar surface area (TPSA) is 89.9 Å². The summed E-state index contributed by atoms with van der Waals surface area (Å²) in [4.78, 5) is 22.6. The molecule has 0 bridgehead atoms. The first-order valence-corrected chi connectivity index (χ1v) is 9.80. The van der Waals surface area contributed by atoms with Crippen molar-refractivity contribution >= 4 is 5.91 Å². The van der Waals surface area contributed by atoms with Crippen LogP contribution < -0.4 is 0 Å². The highest BCUT2D eigenvalue weighted by molar-refractivity contribution is 5.76. The van der Waals surface area contributed by atoms with Gasteiger partial charge in [0.25, 0.3) is 0 Å². The van der Waals surface area contributed by atoms with Crippen LogP contribution in [0, 0.1) is 5.82 Å². The lowest BCUT2D eigenvalue weighted by molar-refractivity contribution is -0.131. The number of hydrogen-bond acceptors (Lipinski definition) is 6. The van der Waals surface area contributed by atoms with Crippen LogP contribution in [0.15, 0.2) is 65.7 Å². The third-order valence-corrected chi connectivity index (χ3v) is 5.16. The molecule has 158 valence electrons. The molecular formula is C22H21FN6O2. The molecule has 1 amide bonds. The van der Waals surface area contributed by atoms with Gasteiger partial charge in [0.15, 0.2) is 0 Å². The average Bonchev–Trinajstić information content (AvgIpc) is 3.49. The first kappa shape index (κ1) is 20.4. The molecular weight excluding hydrogens is 399 g/mol. The first-order valence-electron chi connectivity index (χ1n) is 9.80. The summed E-state index contributed by atoms with van der Waals surface area (Å²) in [7, 11) is 1.77. The van der Waals surface area contributed by atoms with Crippen LogP contribution in [0.25, 0.3) is 17.1 Å². The summed E-state index contributed by atoms with van der Waals surface area (Å²) >= 11 is 0. The van der Waals surface area contributed by atoms with Gasteiger partial charge in [0, 0.05) is 25.5 Å². The Bertz CT molecular complexity index is 1140. The SMILES string of the molecule is CC(c1ccc(-n2cncn2)cc1)N(C)C(=O)CCc1nc(-c2ccc(F)cc2)no1. The Hall–Kier alpha value is -3.88. The van der Waals surface area contributed by atoms with E-state index in [4.69, 9.17) is 4.52 Å². The second kappa shape index (κ2) is 8.86. The maximum absolute atomic E-state index is 13.1. The Morgan fingerprint density at radius 2 is 1.90 bits per heavy atom. The van der Waals surface area contributed by atoms with E-state index in [1.807, 2.05) is 31.2 Å². The van der Waals surface area contributed by atoms with E-state index in [1.165, 1.54) is 18.5 Å². The van der Waals surface area contributed by atoms with Crippen LogP contribution in [0.3, 0.4) is 0 Å². The van der Waals surface area contributed by atoms with E-state index >= 15 is 0 Å². The number of benzene rings is 2. The number of carbonyl (C=O) groups excluding carboxylic acids is 1. The molecule has 0 aliphatic heterocycles. The number of aryl methyl sites for hydroxylation is 1. The Balaban J connectivity index is 1.34. The standard InChI is InChI=1S/C22H21FN6O2/c1-15(16-5-9-19(10-6-16)29-14-24-13-25-29)28(2)21(30)12-11-20-26-22(27-31-20)17-3-7-18(23)8-4-17/h3-10,13-15H,11-12H2,1-2H3. The van der Waals surface area contributed by atoms with Crippen molar-refractivity contribution in [3.63, 3.8) is 0 Å². The molecule has 0 aliphatic carbocycles. The highest BCUT2D eigenvalue weighted by Gasteiger charge is 2.19. The van der Waals surface area contributed by atoms with Gasteiger partial charge >= 0.3 is 0 Å². The number of amides is 1. The quantitative estimate of drug-likeness (QED) is 0.454. The van der Waals surface area contributed by atoms with Crippen molar-refractivity contribution in [1.82, 2.24) is 29.8 Å². The number of rotatable bonds is 7. The van der Waals surface area contributed by atoms with E-state index in [0.717, 1.165) is 11.3 Å². The van der Waals surface area contributed by atoms with E-state index < -0.39 is 0 Å². The summed E-state index contributed by atoms with van der Waals surface area (Å²) in [6.45, 7) is 1.97. The molecule has 0 N–H and O–H groups in total. The summed E-state index contributed by atoms with van der Waals surface area (Å²) in [5.74, 6) is 0.375. The smallest absolute Gasteiger partial charge is 0.227 e. The van der Waals surface area contributed by atoms with Crippen molar-refractivity contribution in [3.8, 4) is 17.1 Å². The van der Waals surface area contributed by atoms with Crippen LogP contribution in [0.5, 0.6) is 0 Å². The predicted octanol–water partition coefficient (Wildman–Crippen LogP) is 3.61. The molecule has 0 saturated heterocycles. The van der Waals surface area contributed by atoms with Gasteiger partial charge in [-0.1, -0.05) is 17.3 Å². The van der Waals surface area contributed by atoms with E-state index in [0.29, 0.717) is 23.7 Å². The molecule has 0 fully saturated rings. The Morgan fingerprint density at radius 3 is 2.58 bits per heavy atom. The molecule has 1 atom stereocenters. The highest BCUT2D eigenvalue weighted by atomic mass is 19.1. The number of aromatic nitrogens is 5. The molecule has 0 saturated carbocycles. The maximum Gasteiger partial charge on any atom is 0.227 e. The van der Waals surface area contributed by atoms with Crippen LogP contribution in [0.4, 0.5) is 4.39 Å². The molecule has 4 aromatic rings. The van der Waals surface area contributed by atoms with Crippen LogP contribution in [0.2, 0.25) is 0 Å². The zero-order valence-electron chi connectivity index (χ0n) is 17.1. The molecule has 2 heterocycles. The first-order chi connectivity index (χ1) is 15.0. The summed E-state index contributed by atoms with van der Waals surface area (Å²) in [5.41, 5.74) is 2.56. The van der Waals surface area contributed by atoms with Crippen LogP contribution in [-0.2, 0) is 11.2 Å². The fourth-order valence-electron chi connectivity index (χ4n) is 3.15. The van der Waals surface area contributed by atoms with E-state index in [-0.39, 0.29) is 24.2 Å². The van der Waals surface area contributed by atoms with E-state index in [1.54, 1.807) is 35.1 Å². The van der Waals surface area contributed by atoms with Crippen molar-refractivity contribution in [1.29, 1.82) is 0 Å². The summed E-state index contributed by atoms with van der Waals surface area (Å²) in [6, 6.07) is 13.6. The van der Waals surface area contributed by atoms with Gasteiger partial charge in [0.2, 0.25) is 17.6 Å². The molecule has 2 aromatic heterocycles. The lowest BCUT2D eigenvalue weighted by atomic mass is 10.1. The number of carbonyl (C=O) groups is 1. The number of halogens is 1. The number of nitrogens with zero attached hydrogens (tertiary/aromatic N) is 6. The van der Waals surface area contributed by atoms with Crippen LogP contribution >= 0.6 is 0 Å². The summed E-state index contributed by atoms with van der Waals surface area (Å²) < 4.78 is 20.0. The Morgan fingerprint density at radius 1 is 1.16 bits per heavy atom. The molecule has 4 rings (SSSR count). The van der Waals surface area contributed by atoms with Gasteiger partial charge in [-0.05, 0) is 48.9 Å². The molecule has 31 heavy (non-hydrogen) atoms. The Kier molecular flexibility index (Phi) is 5.83. The predicted molar refractivity (Wildman–Crippen MR) is 111 cm³/mol. The van der Waals surface area contributed by atoms with Gasteiger partial charge in [-0.25, -0.2) is 14.1 Å². The third kappa shape index (κ3) is 4.66. The monoisotopic (exact) mass is 420 g/mol. The van der Waals surface area contributed by atoms with Crippen LogP contribution in [0.1, 0.15) is 30.8 Å². The fourth-order valence-corrected chi connectivity index (χ4v) is 3.15. The van der Waals surface area contributed by atoms with Crippen molar-refractivity contribution < 1.29 is 13.7 Å². The van der Waals surface area contributed by atoms with Gasteiger partial charge in [-0.15, -0.1) is 0 Å². The van der Waals surface area contributed by atoms with Gasteiger partial charge in [-0.3, -0.25) is 4.79 Å². The highest BCUT2D eigenvalue weighted by Crippen LogP contribution is 2.22. The second-order valence-electron chi connectivity index (χ2n) is 7.13. The number of hydrogen-bond donors (Lipinski definition) is 0. The van der Waals surface area contributed by atoms with Gasteiger partial charge in [0.05, 0.1) is 11.7 Å². The Labute approximate surface area is 178 Å². The van der Waals surface area contributed by atoms with Gasteiger partial charge in [-0.2, -0.15) is 10.1 Å². The molecule has 0 aliphatic rings. The fraction of sp³-hybridized carbons (Fsp3) is 0.227. The van der Waals surface area contributed by atoms with Crippen LogP contribution in [-0.4, -0.2) is 42.8 Å². The molecule has 9 heteroatoms. The molecule has 0 spiro atoms. The maximum atomic E-state index is 13.1. The van der Waals surface area contributed by atoms with Gasteiger partial charge in [0.1, 0.15) is 18.5 Å². The average molecular weight is 420 g/mol. The zero-order chi connectivity index (χ0) is 21.8. The van der Waals surface area contributed by atoms with Gasteiger partial charge < -0.3 is 9.42 Å². The second-order valence-corrected chi connectivity index (χ2v) is 7.13. The lowest BCUT2D eigenvalue weighted by Crippen LogP contribution is -2.29. The minimum absolute atomic E-state index is 0.0330. The molecule has 8 nitrogen and oxygen atoms in total. The van der Waals surface area contributed by atoms with E-state index in [2.05, 4.69) is 20.2 Å². The largest absolute Gasteiger partial charge is 0.339 e. The van der Waals surface area contributed by atoms with Crippen molar-refractivity contribution in [2.24, 2.45) is 0 Å². The third-order valence-electron chi connectivity index (χ3n) is 5.16. The van der Waals surface area contributed by atoms with Crippen molar-refractivity contribution in [3.05, 3.63) is 78.5 Å². The lowest BCUT2D eigenvalue weighted by Gasteiger charge is -2.25. The molecule has 0 radical (unpaired) electrons. The van der Waals surface area contributed by atoms with E-state index in [9.17, 15) is 9.18 Å². The zero-order valence-corrected chi connectivity index (χ0v) is 17.1. The normalized spacial score (nSPS) is 12.0. The van der Waals surface area contributed by atoms with Crippen molar-refractivity contribution in [2.45, 2.75) is 25.8 Å². The summed E-state index contributed by atoms with van der Waals surface area (Å²) in [6.07, 6.45) is 3.68. The summed E-state index contributed by atoms with van der Waals surface area (Å²) in [5, 5.41) is 8.01.